The lowest BCUT2D eigenvalue weighted by molar-refractivity contribution is 0.0673. The molecule has 2 aromatic heterocycles. The first kappa shape index (κ1) is 19.0. The van der Waals surface area contributed by atoms with E-state index >= 15 is 0 Å². The molecule has 0 spiro atoms. The fourth-order valence-electron chi connectivity index (χ4n) is 5.43. The van der Waals surface area contributed by atoms with Crippen molar-refractivity contribution in [1.29, 1.82) is 0 Å². The summed E-state index contributed by atoms with van der Waals surface area (Å²) in [7, 11) is 0. The third-order valence-electron chi connectivity index (χ3n) is 6.75. The van der Waals surface area contributed by atoms with Gasteiger partial charge in [-0.2, -0.15) is 11.3 Å². The van der Waals surface area contributed by atoms with Crippen LogP contribution in [0.4, 0.5) is 0 Å². The highest BCUT2D eigenvalue weighted by atomic mass is 32.1. The topological polar surface area (TPSA) is 65.8 Å². The van der Waals surface area contributed by atoms with Crippen molar-refractivity contribution in [3.05, 3.63) is 56.1 Å². The van der Waals surface area contributed by atoms with Crippen molar-refractivity contribution in [3.63, 3.8) is 0 Å². The summed E-state index contributed by atoms with van der Waals surface area (Å²) in [5.74, 6) is 0.562. The number of aliphatic hydroxyl groups excluding tert-OH is 1. The number of fused-ring (bicyclic) bond motifs is 4. The zero-order valence-electron chi connectivity index (χ0n) is 16.5. The van der Waals surface area contributed by atoms with Gasteiger partial charge in [-0.15, -0.1) is 0 Å². The highest BCUT2D eigenvalue weighted by molar-refractivity contribution is 7.07. The first-order valence-corrected chi connectivity index (χ1v) is 11.5. The minimum absolute atomic E-state index is 0.0396. The predicted molar refractivity (Wildman–Crippen MR) is 112 cm³/mol. The van der Waals surface area contributed by atoms with Gasteiger partial charge in [0.2, 0.25) is 0 Å². The first-order chi connectivity index (χ1) is 14.1. The quantitative estimate of drug-likeness (QED) is 0.834. The van der Waals surface area contributed by atoms with Crippen LogP contribution in [0.25, 0.3) is 0 Å². The summed E-state index contributed by atoms with van der Waals surface area (Å²) in [6.07, 6.45) is 2.80. The molecule has 3 aliphatic heterocycles. The summed E-state index contributed by atoms with van der Waals surface area (Å²) >= 11 is 1.73. The van der Waals surface area contributed by atoms with Gasteiger partial charge in [0.25, 0.3) is 11.5 Å². The number of amides is 1. The first-order valence-electron chi connectivity index (χ1n) is 10.5. The van der Waals surface area contributed by atoms with E-state index in [1.807, 2.05) is 10.6 Å². The Labute approximate surface area is 174 Å². The van der Waals surface area contributed by atoms with Gasteiger partial charge in [-0.3, -0.25) is 14.5 Å². The maximum absolute atomic E-state index is 13.2. The van der Waals surface area contributed by atoms with E-state index in [1.165, 1.54) is 5.56 Å². The maximum Gasteiger partial charge on any atom is 0.263 e. The van der Waals surface area contributed by atoms with Crippen molar-refractivity contribution in [2.75, 3.05) is 26.2 Å². The monoisotopic (exact) mass is 413 g/mol. The number of nitrogens with zero attached hydrogens (tertiary/aromatic N) is 3. The number of hydrogen-bond acceptors (Lipinski definition) is 5. The number of aliphatic hydroxyl groups is 1. The number of pyridine rings is 1. The molecule has 0 aromatic carbocycles. The van der Waals surface area contributed by atoms with Crippen LogP contribution in [0.2, 0.25) is 0 Å². The van der Waals surface area contributed by atoms with Gasteiger partial charge in [0, 0.05) is 44.3 Å². The van der Waals surface area contributed by atoms with Crippen LogP contribution in [0.1, 0.15) is 46.8 Å². The molecule has 0 aliphatic carbocycles. The third kappa shape index (κ3) is 3.45. The third-order valence-corrected chi connectivity index (χ3v) is 7.48. The highest BCUT2D eigenvalue weighted by Gasteiger charge is 2.36. The van der Waals surface area contributed by atoms with E-state index in [-0.39, 0.29) is 29.7 Å². The highest BCUT2D eigenvalue weighted by Crippen LogP contribution is 2.36. The van der Waals surface area contributed by atoms with Gasteiger partial charge in [-0.05, 0) is 59.7 Å². The van der Waals surface area contributed by atoms with E-state index in [0.29, 0.717) is 24.9 Å². The summed E-state index contributed by atoms with van der Waals surface area (Å²) in [4.78, 5) is 30.4. The Morgan fingerprint density at radius 1 is 1.21 bits per heavy atom. The normalized spacial score (nSPS) is 26.5. The smallest absolute Gasteiger partial charge is 0.263 e. The number of likely N-dealkylation sites (tertiary alicyclic amines) is 2. The van der Waals surface area contributed by atoms with Crippen molar-refractivity contribution < 1.29 is 9.90 Å². The minimum Gasteiger partial charge on any atom is -0.394 e. The van der Waals surface area contributed by atoms with Crippen LogP contribution in [0.3, 0.4) is 0 Å². The number of carbonyl (C=O) groups is 1. The molecule has 154 valence electrons. The molecular weight excluding hydrogens is 386 g/mol. The molecule has 2 saturated heterocycles. The predicted octanol–water partition coefficient (Wildman–Crippen LogP) is 2.13. The summed E-state index contributed by atoms with van der Waals surface area (Å²) in [6, 6.07) is 5.74. The van der Waals surface area contributed by atoms with Crippen LogP contribution >= 0.6 is 11.3 Å². The fourth-order valence-corrected chi connectivity index (χ4v) is 6.09. The molecule has 1 amide bonds. The van der Waals surface area contributed by atoms with E-state index in [2.05, 4.69) is 21.7 Å². The summed E-state index contributed by atoms with van der Waals surface area (Å²) in [6.45, 7) is 4.19. The van der Waals surface area contributed by atoms with Gasteiger partial charge in [-0.1, -0.05) is 0 Å². The second kappa shape index (κ2) is 7.70. The van der Waals surface area contributed by atoms with Gasteiger partial charge >= 0.3 is 0 Å². The van der Waals surface area contributed by atoms with Gasteiger partial charge in [0.1, 0.15) is 5.56 Å². The van der Waals surface area contributed by atoms with E-state index < -0.39 is 0 Å². The molecule has 5 rings (SSSR count). The lowest BCUT2D eigenvalue weighted by Gasteiger charge is -2.43. The standard InChI is InChI=1S/C22H27N3O3S/c26-13-18-2-1-6-24(18)21(27)19-3-4-20-17-8-16(11-25(20)22(19)28)10-23(12-17)9-15-5-7-29-14-15/h3-5,7,14,16-18,26H,1-2,6,8-13H2/t16-,17+,18-/m0/s1. The molecule has 0 radical (unpaired) electrons. The van der Waals surface area contributed by atoms with Crippen molar-refractivity contribution in [2.45, 2.75) is 44.3 Å². The molecule has 0 saturated carbocycles. The molecule has 5 heterocycles. The van der Waals surface area contributed by atoms with Crippen LogP contribution in [-0.4, -0.2) is 57.7 Å². The SMILES string of the molecule is O=C(c1ccc2n(c1=O)C[C@H]1C[C@@H]2CN(Cc2ccsc2)C1)N1CCC[C@H]1CO. The number of rotatable bonds is 4. The lowest BCUT2D eigenvalue weighted by atomic mass is 9.83. The Morgan fingerprint density at radius 2 is 2.10 bits per heavy atom. The van der Waals surface area contributed by atoms with E-state index in [0.717, 1.165) is 44.6 Å². The number of hydrogen-bond donors (Lipinski definition) is 1. The average molecular weight is 414 g/mol. The van der Waals surface area contributed by atoms with Crippen LogP contribution in [0, 0.1) is 5.92 Å². The van der Waals surface area contributed by atoms with Crippen LogP contribution in [0.5, 0.6) is 0 Å². The number of thiophene rings is 1. The number of piperidine rings is 1. The van der Waals surface area contributed by atoms with Crippen LogP contribution < -0.4 is 5.56 Å². The molecular formula is C22H27N3O3S. The van der Waals surface area contributed by atoms with Crippen LogP contribution in [-0.2, 0) is 13.1 Å². The van der Waals surface area contributed by atoms with Crippen molar-refractivity contribution in [1.82, 2.24) is 14.4 Å². The molecule has 2 aromatic rings. The summed E-state index contributed by atoms with van der Waals surface area (Å²) in [5.41, 5.74) is 2.52. The average Bonchev–Trinajstić information content (AvgIpc) is 3.40. The van der Waals surface area contributed by atoms with Crippen molar-refractivity contribution in [2.24, 2.45) is 5.92 Å². The Kier molecular flexibility index (Phi) is 5.05. The van der Waals surface area contributed by atoms with Gasteiger partial charge in [-0.25, -0.2) is 0 Å². The van der Waals surface area contributed by atoms with E-state index in [1.54, 1.807) is 22.3 Å². The zero-order chi connectivity index (χ0) is 20.0. The van der Waals surface area contributed by atoms with Crippen molar-refractivity contribution in [3.8, 4) is 0 Å². The largest absolute Gasteiger partial charge is 0.394 e. The zero-order valence-corrected chi connectivity index (χ0v) is 17.3. The Bertz CT molecular complexity index is 955. The second-order valence-electron chi connectivity index (χ2n) is 8.69. The Balaban J connectivity index is 1.40. The Morgan fingerprint density at radius 3 is 2.90 bits per heavy atom. The van der Waals surface area contributed by atoms with Crippen LogP contribution in [0.15, 0.2) is 33.8 Å². The van der Waals surface area contributed by atoms with E-state index in [4.69, 9.17) is 0 Å². The molecule has 7 heteroatoms. The summed E-state index contributed by atoms with van der Waals surface area (Å²) < 4.78 is 1.86. The Hall–Kier alpha value is -1.96. The number of carbonyl (C=O) groups excluding carboxylic acids is 1. The second-order valence-corrected chi connectivity index (χ2v) is 9.47. The molecule has 3 atom stereocenters. The van der Waals surface area contributed by atoms with Gasteiger partial charge in [0.15, 0.2) is 0 Å². The molecule has 6 nitrogen and oxygen atoms in total. The molecule has 2 fully saturated rings. The maximum atomic E-state index is 13.2. The minimum atomic E-state index is -0.225. The lowest BCUT2D eigenvalue weighted by Crippen LogP contribution is -2.48. The molecule has 3 aliphatic rings. The van der Waals surface area contributed by atoms with E-state index in [9.17, 15) is 14.7 Å². The molecule has 29 heavy (non-hydrogen) atoms. The van der Waals surface area contributed by atoms with Crippen molar-refractivity contribution >= 4 is 17.2 Å². The molecule has 1 N–H and O–H groups in total. The molecule has 0 unspecified atom stereocenters. The van der Waals surface area contributed by atoms with Gasteiger partial charge in [0.05, 0.1) is 12.6 Å². The number of aromatic nitrogens is 1. The molecule has 2 bridgehead atoms. The fraction of sp³-hybridized carbons (Fsp3) is 0.545. The summed E-state index contributed by atoms with van der Waals surface area (Å²) in [5, 5.41) is 13.9. The van der Waals surface area contributed by atoms with Gasteiger partial charge < -0.3 is 14.6 Å².